The summed E-state index contributed by atoms with van der Waals surface area (Å²) in [5, 5.41) is 12.2. The molecule has 0 radical (unpaired) electrons. The van der Waals surface area contributed by atoms with E-state index in [1.165, 1.54) is 44.3 Å². The second kappa shape index (κ2) is 12.2. The van der Waals surface area contributed by atoms with Gasteiger partial charge in [-0.05, 0) is 63.8 Å². The fraction of sp³-hybridized carbons (Fsp3) is 0.357. The summed E-state index contributed by atoms with van der Waals surface area (Å²) in [5.74, 6) is -1.32. The Kier molecular flexibility index (Phi) is 9.21. The van der Waals surface area contributed by atoms with Gasteiger partial charge in [0, 0.05) is 31.4 Å². The minimum absolute atomic E-state index is 0.00516. The highest BCUT2D eigenvalue weighted by Crippen LogP contribution is 2.41. The molecule has 0 spiro atoms. The Morgan fingerprint density at radius 3 is 2.48 bits per heavy atom. The molecule has 1 aliphatic rings. The van der Waals surface area contributed by atoms with Crippen molar-refractivity contribution in [2.45, 2.75) is 26.1 Å². The number of nitrogens with zero attached hydrogens (tertiary/aromatic N) is 4. The van der Waals surface area contributed by atoms with Crippen molar-refractivity contribution in [3.63, 3.8) is 0 Å². The van der Waals surface area contributed by atoms with Gasteiger partial charge in [-0.2, -0.15) is 18.4 Å². The zero-order valence-corrected chi connectivity index (χ0v) is 22.8. The Labute approximate surface area is 230 Å². The van der Waals surface area contributed by atoms with E-state index in [-0.39, 0.29) is 40.3 Å². The molecular formula is C28H30F3N5O4. The molecule has 0 aromatic heterocycles. The Morgan fingerprint density at radius 2 is 1.88 bits per heavy atom. The predicted octanol–water partition coefficient (Wildman–Crippen LogP) is 4.32. The number of carbonyl (C=O) groups excluding carboxylic acids is 3. The Bertz CT molecular complexity index is 1380. The van der Waals surface area contributed by atoms with Crippen LogP contribution in [-0.4, -0.2) is 68.5 Å². The van der Waals surface area contributed by atoms with Gasteiger partial charge in [-0.15, -0.1) is 0 Å². The van der Waals surface area contributed by atoms with Crippen molar-refractivity contribution in [2.24, 2.45) is 0 Å². The number of anilines is 1. The summed E-state index contributed by atoms with van der Waals surface area (Å²) in [7, 11) is 5.06. The summed E-state index contributed by atoms with van der Waals surface area (Å²) in [6, 6.07) is 8.66. The number of rotatable bonds is 8. The van der Waals surface area contributed by atoms with Crippen LogP contribution in [0.5, 0.6) is 0 Å². The molecule has 9 nitrogen and oxygen atoms in total. The number of halogens is 3. The molecule has 3 amide bonds. The minimum atomic E-state index is -4.65. The first-order valence-electron chi connectivity index (χ1n) is 12.4. The standard InChI is InChI=1S/C28H30F3N5O4/c1-6-40-26(38)23-17(2)36(20-9-7-8-19(15-20)28(29,30)31)27(39)35(5)24(23)21-11-10-18(16-32)14-22(21)25(37)33-12-13-34(3)4/h7-11,14-15,24H,6,12-13H2,1-5H3,(H,33,37). The van der Waals surface area contributed by atoms with Gasteiger partial charge in [-0.3, -0.25) is 9.69 Å². The van der Waals surface area contributed by atoms with Crippen LogP contribution in [0.2, 0.25) is 0 Å². The molecule has 0 saturated carbocycles. The van der Waals surface area contributed by atoms with E-state index in [4.69, 9.17) is 4.74 Å². The van der Waals surface area contributed by atoms with Gasteiger partial charge in [0.2, 0.25) is 0 Å². The largest absolute Gasteiger partial charge is 0.463 e. The third kappa shape index (κ3) is 6.26. The highest BCUT2D eigenvalue weighted by atomic mass is 19.4. The highest BCUT2D eigenvalue weighted by molar-refractivity contribution is 6.04. The van der Waals surface area contributed by atoms with Crippen molar-refractivity contribution in [2.75, 3.05) is 45.7 Å². The molecule has 0 bridgehead atoms. The van der Waals surface area contributed by atoms with Crippen LogP contribution in [0.4, 0.5) is 23.7 Å². The van der Waals surface area contributed by atoms with Gasteiger partial charge in [0.15, 0.2) is 0 Å². The number of carbonyl (C=O) groups is 3. The van der Waals surface area contributed by atoms with Crippen molar-refractivity contribution in [1.82, 2.24) is 15.1 Å². The second-order valence-corrected chi connectivity index (χ2v) is 9.37. The van der Waals surface area contributed by atoms with Crippen molar-refractivity contribution in [1.29, 1.82) is 5.26 Å². The number of esters is 1. The van der Waals surface area contributed by atoms with Gasteiger partial charge in [0.25, 0.3) is 5.91 Å². The van der Waals surface area contributed by atoms with Gasteiger partial charge in [0.1, 0.15) is 0 Å². The van der Waals surface area contributed by atoms with Gasteiger partial charge in [-0.1, -0.05) is 12.1 Å². The van der Waals surface area contributed by atoms with E-state index in [1.807, 2.05) is 25.1 Å². The normalized spacial score (nSPS) is 15.8. The number of hydrogen-bond donors (Lipinski definition) is 1. The van der Waals surface area contributed by atoms with E-state index in [2.05, 4.69) is 5.32 Å². The first kappa shape index (κ1) is 30.2. The molecule has 12 heteroatoms. The average molecular weight is 558 g/mol. The Hall–Kier alpha value is -4.37. The second-order valence-electron chi connectivity index (χ2n) is 9.37. The van der Waals surface area contributed by atoms with Gasteiger partial charge >= 0.3 is 18.2 Å². The van der Waals surface area contributed by atoms with Crippen LogP contribution in [0.25, 0.3) is 0 Å². The fourth-order valence-electron chi connectivity index (χ4n) is 4.43. The molecule has 0 fully saturated rings. The SMILES string of the molecule is CCOC(=O)C1=C(C)N(c2cccc(C(F)(F)F)c2)C(=O)N(C)C1c1ccc(C#N)cc1C(=O)NCCN(C)C. The van der Waals surface area contributed by atoms with Crippen LogP contribution >= 0.6 is 0 Å². The number of nitrogens with one attached hydrogen (secondary N) is 1. The zero-order chi connectivity index (χ0) is 29.8. The van der Waals surface area contributed by atoms with Crippen LogP contribution in [0, 0.1) is 11.3 Å². The molecule has 2 aromatic rings. The maximum Gasteiger partial charge on any atom is 0.416 e. The van der Waals surface area contributed by atoms with Crippen molar-refractivity contribution >= 4 is 23.6 Å². The lowest BCUT2D eigenvalue weighted by Crippen LogP contribution is -2.49. The molecule has 0 aliphatic carbocycles. The summed E-state index contributed by atoms with van der Waals surface area (Å²) < 4.78 is 45.6. The molecule has 1 unspecified atom stereocenters. The molecule has 1 atom stereocenters. The number of likely N-dealkylation sites (N-methyl/N-ethyl adjacent to an activating group) is 2. The van der Waals surface area contributed by atoms with Gasteiger partial charge < -0.3 is 19.9 Å². The number of nitriles is 1. The maximum atomic E-state index is 13.7. The molecule has 2 aromatic carbocycles. The summed E-state index contributed by atoms with van der Waals surface area (Å²) in [4.78, 5) is 44.3. The quantitative estimate of drug-likeness (QED) is 0.485. The number of ether oxygens (including phenoxy) is 1. The lowest BCUT2D eigenvalue weighted by atomic mass is 9.89. The van der Waals surface area contributed by atoms with Crippen LogP contribution in [0.1, 0.15) is 46.9 Å². The first-order chi connectivity index (χ1) is 18.8. The van der Waals surface area contributed by atoms with E-state index >= 15 is 0 Å². The molecule has 212 valence electrons. The van der Waals surface area contributed by atoms with E-state index in [0.29, 0.717) is 13.1 Å². The van der Waals surface area contributed by atoms with Gasteiger partial charge in [0.05, 0.1) is 41.1 Å². The van der Waals surface area contributed by atoms with Crippen LogP contribution < -0.4 is 10.2 Å². The van der Waals surface area contributed by atoms with Crippen molar-refractivity contribution in [3.8, 4) is 6.07 Å². The lowest BCUT2D eigenvalue weighted by molar-refractivity contribution is -0.139. The zero-order valence-electron chi connectivity index (χ0n) is 22.8. The number of urea groups is 1. The topological polar surface area (TPSA) is 106 Å². The van der Waals surface area contributed by atoms with E-state index in [9.17, 15) is 32.8 Å². The molecule has 40 heavy (non-hydrogen) atoms. The Balaban J connectivity index is 2.22. The molecule has 3 rings (SSSR count). The lowest BCUT2D eigenvalue weighted by Gasteiger charge is -2.41. The van der Waals surface area contributed by atoms with Crippen molar-refractivity contribution in [3.05, 3.63) is 76.0 Å². The highest BCUT2D eigenvalue weighted by Gasteiger charge is 2.43. The number of amides is 3. The number of hydrogen-bond acceptors (Lipinski definition) is 6. The van der Waals surface area contributed by atoms with Crippen LogP contribution in [-0.2, 0) is 15.7 Å². The summed E-state index contributed by atoms with van der Waals surface area (Å²) >= 11 is 0. The maximum absolute atomic E-state index is 13.7. The minimum Gasteiger partial charge on any atom is -0.463 e. The van der Waals surface area contributed by atoms with Crippen LogP contribution in [0.3, 0.4) is 0 Å². The fourth-order valence-corrected chi connectivity index (χ4v) is 4.43. The third-order valence-electron chi connectivity index (χ3n) is 6.37. The molecule has 1 aliphatic heterocycles. The summed E-state index contributed by atoms with van der Waals surface area (Å²) in [5.41, 5.74) is -0.520. The average Bonchev–Trinajstić information content (AvgIpc) is 2.90. The first-order valence-corrected chi connectivity index (χ1v) is 12.4. The number of benzene rings is 2. The predicted molar refractivity (Wildman–Crippen MR) is 141 cm³/mol. The van der Waals surface area contributed by atoms with E-state index in [1.54, 1.807) is 6.92 Å². The monoisotopic (exact) mass is 557 g/mol. The summed E-state index contributed by atoms with van der Waals surface area (Å²) in [6.07, 6.45) is -4.65. The Morgan fingerprint density at radius 1 is 1.18 bits per heavy atom. The van der Waals surface area contributed by atoms with Crippen LogP contribution in [0.15, 0.2) is 53.7 Å². The van der Waals surface area contributed by atoms with Crippen molar-refractivity contribution < 1.29 is 32.3 Å². The molecule has 0 saturated heterocycles. The molecule has 1 heterocycles. The molecular weight excluding hydrogens is 527 g/mol. The number of alkyl halides is 3. The number of allylic oxidation sites excluding steroid dienone is 1. The summed E-state index contributed by atoms with van der Waals surface area (Å²) in [6.45, 7) is 3.86. The third-order valence-corrected chi connectivity index (χ3v) is 6.37. The van der Waals surface area contributed by atoms with E-state index < -0.39 is 35.7 Å². The van der Waals surface area contributed by atoms with Gasteiger partial charge in [-0.25, -0.2) is 9.59 Å². The molecule has 1 N–H and O–H groups in total. The smallest absolute Gasteiger partial charge is 0.416 e. The van der Waals surface area contributed by atoms with E-state index in [0.717, 1.165) is 21.9 Å².